The molecule has 1 aliphatic carbocycles. The number of benzene rings is 2. The Kier molecular flexibility index (Phi) is 2.82. The quantitative estimate of drug-likeness (QED) is 0.897. The minimum absolute atomic E-state index is 0.315. The SMILES string of the molecule is COc1cc2c(c(OC)c1)-c1ccc(O)cc1CC2. The number of phenolic OH excluding ortho intramolecular Hbond substituents is 1. The lowest BCUT2D eigenvalue weighted by molar-refractivity contribution is 0.394. The third-order valence-corrected chi connectivity index (χ3v) is 3.63. The number of hydrogen-bond donors (Lipinski definition) is 1. The van der Waals surface area contributed by atoms with Gasteiger partial charge >= 0.3 is 0 Å². The molecular formula is C16H16O3. The molecule has 1 aliphatic rings. The molecule has 0 bridgehead atoms. The molecule has 19 heavy (non-hydrogen) atoms. The maximum absolute atomic E-state index is 9.59. The van der Waals surface area contributed by atoms with E-state index in [0.29, 0.717) is 5.75 Å². The molecule has 0 amide bonds. The number of fused-ring (bicyclic) bond motifs is 3. The van der Waals surface area contributed by atoms with Gasteiger partial charge in [0.05, 0.1) is 14.2 Å². The van der Waals surface area contributed by atoms with Crippen LogP contribution in [0.3, 0.4) is 0 Å². The van der Waals surface area contributed by atoms with E-state index in [1.54, 1.807) is 20.3 Å². The van der Waals surface area contributed by atoms with Crippen LogP contribution in [0.25, 0.3) is 11.1 Å². The van der Waals surface area contributed by atoms with Crippen LogP contribution in [0.15, 0.2) is 30.3 Å². The van der Waals surface area contributed by atoms with E-state index >= 15 is 0 Å². The van der Waals surface area contributed by atoms with Gasteiger partial charge in [0, 0.05) is 11.6 Å². The molecule has 2 aromatic carbocycles. The molecule has 0 unspecified atom stereocenters. The highest BCUT2D eigenvalue weighted by atomic mass is 16.5. The largest absolute Gasteiger partial charge is 0.508 e. The van der Waals surface area contributed by atoms with Crippen LogP contribution < -0.4 is 9.47 Å². The van der Waals surface area contributed by atoms with E-state index < -0.39 is 0 Å². The highest BCUT2D eigenvalue weighted by Gasteiger charge is 2.21. The average Bonchev–Trinajstić information content (AvgIpc) is 2.45. The number of phenols is 1. The van der Waals surface area contributed by atoms with Crippen molar-refractivity contribution in [2.24, 2.45) is 0 Å². The minimum atomic E-state index is 0.315. The molecule has 98 valence electrons. The van der Waals surface area contributed by atoms with Crippen LogP contribution in [0.4, 0.5) is 0 Å². The number of hydrogen-bond acceptors (Lipinski definition) is 3. The van der Waals surface area contributed by atoms with Crippen molar-refractivity contribution in [2.75, 3.05) is 14.2 Å². The summed E-state index contributed by atoms with van der Waals surface area (Å²) in [6.45, 7) is 0. The van der Waals surface area contributed by atoms with E-state index in [4.69, 9.17) is 9.47 Å². The molecule has 0 aliphatic heterocycles. The van der Waals surface area contributed by atoms with Crippen LogP contribution in [0.1, 0.15) is 11.1 Å². The van der Waals surface area contributed by atoms with Gasteiger partial charge in [0.1, 0.15) is 17.2 Å². The summed E-state index contributed by atoms with van der Waals surface area (Å²) in [4.78, 5) is 0. The highest BCUT2D eigenvalue weighted by Crippen LogP contribution is 2.43. The second-order valence-electron chi connectivity index (χ2n) is 4.71. The molecule has 0 heterocycles. The Bertz CT molecular complexity index is 615. The van der Waals surface area contributed by atoms with Crippen LogP contribution in [0, 0.1) is 0 Å². The molecule has 0 spiro atoms. The molecule has 0 saturated heterocycles. The maximum atomic E-state index is 9.59. The monoisotopic (exact) mass is 256 g/mol. The fourth-order valence-corrected chi connectivity index (χ4v) is 2.73. The molecule has 0 radical (unpaired) electrons. The third kappa shape index (κ3) is 1.91. The van der Waals surface area contributed by atoms with E-state index in [9.17, 15) is 5.11 Å². The van der Waals surface area contributed by atoms with E-state index in [0.717, 1.165) is 41.0 Å². The first-order chi connectivity index (χ1) is 9.22. The van der Waals surface area contributed by atoms with Crippen molar-refractivity contribution in [1.82, 2.24) is 0 Å². The molecule has 0 atom stereocenters. The van der Waals surface area contributed by atoms with Gasteiger partial charge in [-0.2, -0.15) is 0 Å². The van der Waals surface area contributed by atoms with Gasteiger partial charge in [-0.15, -0.1) is 0 Å². The Balaban J connectivity index is 2.25. The summed E-state index contributed by atoms with van der Waals surface area (Å²) in [5.41, 5.74) is 4.65. The van der Waals surface area contributed by atoms with Gasteiger partial charge in [0.25, 0.3) is 0 Å². The zero-order chi connectivity index (χ0) is 13.4. The van der Waals surface area contributed by atoms with Crippen LogP contribution in [-0.2, 0) is 12.8 Å². The highest BCUT2D eigenvalue weighted by molar-refractivity contribution is 5.80. The summed E-state index contributed by atoms with van der Waals surface area (Å²) in [5, 5.41) is 9.59. The summed E-state index contributed by atoms with van der Waals surface area (Å²) >= 11 is 0. The fourth-order valence-electron chi connectivity index (χ4n) is 2.73. The Labute approximate surface area is 112 Å². The first kappa shape index (κ1) is 11.9. The second kappa shape index (κ2) is 4.50. The zero-order valence-electron chi connectivity index (χ0n) is 11.1. The van der Waals surface area contributed by atoms with Crippen molar-refractivity contribution >= 4 is 0 Å². The molecule has 3 nitrogen and oxygen atoms in total. The average molecular weight is 256 g/mol. The van der Waals surface area contributed by atoms with Crippen LogP contribution in [0.2, 0.25) is 0 Å². The van der Waals surface area contributed by atoms with Crippen molar-refractivity contribution < 1.29 is 14.6 Å². The van der Waals surface area contributed by atoms with Gasteiger partial charge in [-0.05, 0) is 47.7 Å². The molecule has 3 heteroatoms. The lowest BCUT2D eigenvalue weighted by atomic mass is 9.85. The Morgan fingerprint density at radius 3 is 2.47 bits per heavy atom. The van der Waals surface area contributed by atoms with Crippen molar-refractivity contribution in [3.63, 3.8) is 0 Å². The Morgan fingerprint density at radius 2 is 1.74 bits per heavy atom. The minimum Gasteiger partial charge on any atom is -0.508 e. The number of aryl methyl sites for hydroxylation is 2. The van der Waals surface area contributed by atoms with Crippen LogP contribution >= 0.6 is 0 Å². The standard InChI is InChI=1S/C16H16O3/c1-18-13-8-11-4-3-10-7-12(17)5-6-14(10)16(11)15(9-13)19-2/h5-9,17H,3-4H2,1-2H3. The number of rotatable bonds is 2. The van der Waals surface area contributed by atoms with Gasteiger partial charge in [0.2, 0.25) is 0 Å². The predicted molar refractivity (Wildman–Crippen MR) is 74.1 cm³/mol. The summed E-state index contributed by atoms with van der Waals surface area (Å²) in [7, 11) is 3.33. The number of methoxy groups -OCH3 is 2. The van der Waals surface area contributed by atoms with Gasteiger partial charge < -0.3 is 14.6 Å². The number of aromatic hydroxyl groups is 1. The van der Waals surface area contributed by atoms with E-state index in [2.05, 4.69) is 6.07 Å². The van der Waals surface area contributed by atoms with Crippen molar-refractivity contribution in [3.05, 3.63) is 41.5 Å². The van der Waals surface area contributed by atoms with E-state index in [1.165, 1.54) is 5.56 Å². The molecule has 3 rings (SSSR count). The molecular weight excluding hydrogens is 240 g/mol. The van der Waals surface area contributed by atoms with Gasteiger partial charge in [-0.25, -0.2) is 0 Å². The second-order valence-corrected chi connectivity index (χ2v) is 4.71. The number of ether oxygens (including phenoxy) is 2. The zero-order valence-corrected chi connectivity index (χ0v) is 11.1. The molecule has 1 N–H and O–H groups in total. The summed E-state index contributed by atoms with van der Waals surface area (Å²) in [6.07, 6.45) is 1.85. The molecule has 0 saturated carbocycles. The summed E-state index contributed by atoms with van der Waals surface area (Å²) in [6, 6.07) is 9.48. The summed E-state index contributed by atoms with van der Waals surface area (Å²) in [5.74, 6) is 1.95. The smallest absolute Gasteiger partial charge is 0.130 e. The topological polar surface area (TPSA) is 38.7 Å². The van der Waals surface area contributed by atoms with Crippen LogP contribution in [-0.4, -0.2) is 19.3 Å². The van der Waals surface area contributed by atoms with E-state index in [-0.39, 0.29) is 0 Å². The van der Waals surface area contributed by atoms with Gasteiger partial charge in [-0.3, -0.25) is 0 Å². The molecule has 0 fully saturated rings. The lowest BCUT2D eigenvalue weighted by Gasteiger charge is -2.23. The van der Waals surface area contributed by atoms with Crippen molar-refractivity contribution in [1.29, 1.82) is 0 Å². The normalized spacial score (nSPS) is 12.5. The van der Waals surface area contributed by atoms with Crippen molar-refractivity contribution in [3.8, 4) is 28.4 Å². The molecule has 0 aromatic heterocycles. The third-order valence-electron chi connectivity index (χ3n) is 3.63. The van der Waals surface area contributed by atoms with Gasteiger partial charge in [-0.1, -0.05) is 6.07 Å². The Hall–Kier alpha value is -2.16. The fraction of sp³-hybridized carbons (Fsp3) is 0.250. The molecule has 2 aromatic rings. The lowest BCUT2D eigenvalue weighted by Crippen LogP contribution is -2.06. The summed E-state index contributed by atoms with van der Waals surface area (Å²) < 4.78 is 10.8. The predicted octanol–water partition coefficient (Wildman–Crippen LogP) is 3.18. The van der Waals surface area contributed by atoms with Gasteiger partial charge in [0.15, 0.2) is 0 Å². The van der Waals surface area contributed by atoms with E-state index in [1.807, 2.05) is 18.2 Å². The van der Waals surface area contributed by atoms with Crippen molar-refractivity contribution in [2.45, 2.75) is 12.8 Å². The first-order valence-electron chi connectivity index (χ1n) is 6.30. The Morgan fingerprint density at radius 1 is 0.947 bits per heavy atom. The first-order valence-corrected chi connectivity index (χ1v) is 6.30. The van der Waals surface area contributed by atoms with Crippen LogP contribution in [0.5, 0.6) is 17.2 Å². The maximum Gasteiger partial charge on any atom is 0.130 e.